The van der Waals surface area contributed by atoms with Crippen molar-refractivity contribution in [2.45, 2.75) is 42.7 Å². The van der Waals surface area contributed by atoms with Gasteiger partial charge in [-0.2, -0.15) is 4.31 Å². The number of nitrogens with zero attached hydrogens (tertiary/aromatic N) is 2. The van der Waals surface area contributed by atoms with Crippen molar-refractivity contribution in [3.8, 4) is 5.75 Å². The van der Waals surface area contributed by atoms with Crippen molar-refractivity contribution in [1.82, 2.24) is 20.0 Å². The molecule has 0 aliphatic carbocycles. The normalized spacial score (nSPS) is 15.0. The Morgan fingerprint density at radius 3 is 2.26 bits per heavy atom. The fourth-order valence-corrected chi connectivity index (χ4v) is 5.94. The monoisotopic (exact) mass is 572 g/mol. The molecule has 10 nitrogen and oxygen atoms in total. The van der Waals surface area contributed by atoms with Gasteiger partial charge in [-0.25, -0.2) is 18.3 Å². The SMILES string of the molecule is CNC1CCN(C(=O)CCN(C(Cc2ccc(F)cc2)C(=O)NO)S(=O)(=O)c2ccc(OC)cc2)CC1.Cl. The van der Waals surface area contributed by atoms with Gasteiger partial charge in [-0.15, -0.1) is 12.4 Å². The van der Waals surface area contributed by atoms with Crippen molar-refractivity contribution in [1.29, 1.82) is 0 Å². The number of rotatable bonds is 11. The minimum atomic E-state index is -4.30. The number of benzene rings is 2. The zero-order chi connectivity index (χ0) is 27.0. The highest BCUT2D eigenvalue weighted by atomic mass is 35.5. The van der Waals surface area contributed by atoms with Crippen LogP contribution in [0.15, 0.2) is 53.4 Å². The molecule has 0 saturated carbocycles. The fraction of sp³-hybridized carbons (Fsp3) is 0.440. The number of piperidine rings is 1. The second-order valence-corrected chi connectivity index (χ2v) is 10.7. The second-order valence-electron chi connectivity index (χ2n) is 8.81. The average molecular weight is 573 g/mol. The summed E-state index contributed by atoms with van der Waals surface area (Å²) in [4.78, 5) is 27.3. The lowest BCUT2D eigenvalue weighted by Crippen LogP contribution is -2.51. The lowest BCUT2D eigenvalue weighted by Gasteiger charge is -2.33. The van der Waals surface area contributed by atoms with Gasteiger partial charge in [-0.3, -0.25) is 14.8 Å². The number of sulfonamides is 1. The van der Waals surface area contributed by atoms with Crippen LogP contribution in [0, 0.1) is 5.82 Å². The van der Waals surface area contributed by atoms with E-state index in [0.717, 1.165) is 17.1 Å². The zero-order valence-corrected chi connectivity index (χ0v) is 22.9. The first kappa shape index (κ1) is 31.4. The highest BCUT2D eigenvalue weighted by Crippen LogP contribution is 2.24. The van der Waals surface area contributed by atoms with E-state index in [1.807, 2.05) is 7.05 Å². The van der Waals surface area contributed by atoms with Crippen LogP contribution in [0.2, 0.25) is 0 Å². The van der Waals surface area contributed by atoms with Crippen LogP contribution in [-0.4, -0.2) is 80.5 Å². The van der Waals surface area contributed by atoms with Crippen LogP contribution in [0.5, 0.6) is 5.75 Å². The standard InChI is InChI=1S/C25H33FN4O6S.ClH/c1-27-20-11-14-29(15-12-20)24(31)13-16-30(37(34,35)22-9-7-21(36-2)8-10-22)23(25(32)28-33)17-18-3-5-19(26)6-4-18;/h3-10,20,23,27,33H,11-17H2,1-2H3,(H,28,32);1H. The summed E-state index contributed by atoms with van der Waals surface area (Å²) in [5.41, 5.74) is 2.02. The lowest BCUT2D eigenvalue weighted by molar-refractivity contribution is -0.135. The maximum absolute atomic E-state index is 13.7. The molecule has 1 fully saturated rings. The molecule has 1 aliphatic heterocycles. The molecule has 1 aliphatic rings. The first-order chi connectivity index (χ1) is 17.7. The van der Waals surface area contributed by atoms with Crippen LogP contribution in [0.25, 0.3) is 0 Å². The van der Waals surface area contributed by atoms with E-state index in [4.69, 9.17) is 4.74 Å². The number of ether oxygens (including phenoxy) is 1. The number of carbonyl (C=O) groups is 2. The Morgan fingerprint density at radius 1 is 1.13 bits per heavy atom. The number of amides is 2. The van der Waals surface area contributed by atoms with Gasteiger partial charge < -0.3 is 15.0 Å². The molecule has 13 heteroatoms. The van der Waals surface area contributed by atoms with Gasteiger partial charge in [0.1, 0.15) is 17.6 Å². The minimum Gasteiger partial charge on any atom is -0.497 e. The summed E-state index contributed by atoms with van der Waals surface area (Å²) in [5.74, 6) is -1.23. The van der Waals surface area contributed by atoms with Crippen LogP contribution in [0.3, 0.4) is 0 Å². The molecular formula is C25H34ClFN4O6S. The quantitative estimate of drug-likeness (QED) is 0.277. The summed E-state index contributed by atoms with van der Waals surface area (Å²) in [6, 6.07) is 9.83. The van der Waals surface area contributed by atoms with E-state index in [2.05, 4.69) is 5.32 Å². The van der Waals surface area contributed by atoms with Gasteiger partial charge in [-0.1, -0.05) is 12.1 Å². The summed E-state index contributed by atoms with van der Waals surface area (Å²) in [6.45, 7) is 0.801. The summed E-state index contributed by atoms with van der Waals surface area (Å²) in [5, 5.41) is 12.6. The third kappa shape index (κ3) is 7.87. The Balaban J connectivity index is 0.00000507. The third-order valence-electron chi connectivity index (χ3n) is 6.57. The molecule has 3 rings (SSSR count). The van der Waals surface area contributed by atoms with Gasteiger partial charge >= 0.3 is 0 Å². The molecule has 1 saturated heterocycles. The molecule has 2 aromatic carbocycles. The van der Waals surface area contributed by atoms with Crippen LogP contribution in [0.1, 0.15) is 24.8 Å². The molecule has 0 radical (unpaired) electrons. The molecule has 1 atom stereocenters. The van der Waals surface area contributed by atoms with Crippen molar-refractivity contribution < 1.29 is 32.3 Å². The van der Waals surface area contributed by atoms with Crippen molar-refractivity contribution >= 4 is 34.2 Å². The zero-order valence-electron chi connectivity index (χ0n) is 21.3. The molecule has 38 heavy (non-hydrogen) atoms. The van der Waals surface area contributed by atoms with E-state index in [0.29, 0.717) is 30.4 Å². The highest BCUT2D eigenvalue weighted by Gasteiger charge is 2.37. The number of hydrogen-bond acceptors (Lipinski definition) is 7. The molecule has 3 N–H and O–H groups in total. The number of nitrogens with one attached hydrogen (secondary N) is 2. The smallest absolute Gasteiger partial charge is 0.262 e. The van der Waals surface area contributed by atoms with Crippen molar-refractivity contribution in [2.75, 3.05) is 33.8 Å². The number of methoxy groups -OCH3 is 1. The molecule has 0 bridgehead atoms. The number of hydrogen-bond donors (Lipinski definition) is 3. The van der Waals surface area contributed by atoms with Gasteiger partial charge in [0.25, 0.3) is 5.91 Å². The topological polar surface area (TPSA) is 128 Å². The van der Waals surface area contributed by atoms with Crippen LogP contribution in [0.4, 0.5) is 4.39 Å². The van der Waals surface area contributed by atoms with Crippen molar-refractivity contribution in [2.24, 2.45) is 0 Å². The lowest BCUT2D eigenvalue weighted by atomic mass is 10.0. The van der Waals surface area contributed by atoms with Crippen LogP contribution >= 0.6 is 12.4 Å². The Bertz CT molecular complexity index is 1160. The minimum absolute atomic E-state index is 0. The molecule has 0 aromatic heterocycles. The average Bonchev–Trinajstić information content (AvgIpc) is 2.93. The van der Waals surface area contributed by atoms with Crippen LogP contribution < -0.4 is 15.5 Å². The number of likely N-dealkylation sites (tertiary alicyclic amines) is 1. The molecular weight excluding hydrogens is 539 g/mol. The van der Waals surface area contributed by atoms with Gasteiger partial charge in [0.15, 0.2) is 0 Å². The first-order valence-corrected chi connectivity index (χ1v) is 13.4. The summed E-state index contributed by atoms with van der Waals surface area (Å²) >= 11 is 0. The van der Waals surface area contributed by atoms with Crippen LogP contribution in [-0.2, 0) is 26.0 Å². The van der Waals surface area contributed by atoms with Gasteiger partial charge in [0.05, 0.1) is 12.0 Å². The van der Waals surface area contributed by atoms with E-state index in [1.54, 1.807) is 4.90 Å². The Hall–Kier alpha value is -2.77. The summed E-state index contributed by atoms with van der Waals surface area (Å²) in [6.07, 6.45) is 1.27. The Morgan fingerprint density at radius 2 is 1.74 bits per heavy atom. The van der Waals surface area contributed by atoms with E-state index >= 15 is 0 Å². The number of carbonyl (C=O) groups excluding carboxylic acids is 2. The molecule has 1 unspecified atom stereocenters. The van der Waals surface area contributed by atoms with Gasteiger partial charge in [-0.05, 0) is 68.3 Å². The molecule has 0 spiro atoms. The molecule has 2 aromatic rings. The highest BCUT2D eigenvalue weighted by molar-refractivity contribution is 7.89. The Kier molecular flexibility index (Phi) is 11.9. The van der Waals surface area contributed by atoms with E-state index in [1.165, 1.54) is 61.1 Å². The fourth-order valence-electron chi connectivity index (χ4n) is 4.35. The maximum Gasteiger partial charge on any atom is 0.262 e. The Labute approximate surface area is 228 Å². The van der Waals surface area contributed by atoms with Gasteiger partial charge in [0, 0.05) is 32.1 Å². The van der Waals surface area contributed by atoms with E-state index < -0.39 is 27.8 Å². The molecule has 1 heterocycles. The maximum atomic E-state index is 13.7. The summed E-state index contributed by atoms with van der Waals surface area (Å²) < 4.78 is 46.9. The van der Waals surface area contributed by atoms with Crippen molar-refractivity contribution in [3.05, 3.63) is 59.9 Å². The van der Waals surface area contributed by atoms with Crippen molar-refractivity contribution in [3.63, 3.8) is 0 Å². The summed E-state index contributed by atoms with van der Waals surface area (Å²) in [7, 11) is -0.975. The third-order valence-corrected chi connectivity index (χ3v) is 8.49. The predicted octanol–water partition coefficient (Wildman–Crippen LogP) is 1.96. The second kappa shape index (κ2) is 14.4. The molecule has 2 amide bonds. The number of halogens is 2. The largest absolute Gasteiger partial charge is 0.497 e. The van der Waals surface area contributed by atoms with E-state index in [-0.39, 0.29) is 42.6 Å². The molecule has 210 valence electrons. The predicted molar refractivity (Wildman–Crippen MR) is 141 cm³/mol. The number of hydroxylamine groups is 1. The van der Waals surface area contributed by atoms with Gasteiger partial charge in [0.2, 0.25) is 15.9 Å². The first-order valence-electron chi connectivity index (χ1n) is 12.0. The van der Waals surface area contributed by atoms with E-state index in [9.17, 15) is 27.6 Å².